The molecule has 0 aliphatic heterocycles. The minimum atomic E-state index is -0.0845. The van der Waals surface area contributed by atoms with E-state index in [-0.39, 0.29) is 12.1 Å². The molecule has 5 heteroatoms. The smallest absolute Gasteiger partial charge is 0.317 e. The Morgan fingerprint density at radius 3 is 2.38 bits per heavy atom. The lowest BCUT2D eigenvalue weighted by Crippen LogP contribution is -2.38. The summed E-state index contributed by atoms with van der Waals surface area (Å²) in [5.41, 5.74) is 4.42. The Morgan fingerprint density at radius 2 is 1.88 bits per heavy atom. The van der Waals surface area contributed by atoms with E-state index in [2.05, 4.69) is 48.5 Å². The number of rotatable bonds is 5. The summed E-state index contributed by atoms with van der Waals surface area (Å²) in [5, 5.41) is 7.36. The molecule has 0 fully saturated rings. The first kappa shape index (κ1) is 18.0. The van der Waals surface area contributed by atoms with Gasteiger partial charge in [0.25, 0.3) is 0 Å². The van der Waals surface area contributed by atoms with Crippen LogP contribution in [-0.2, 0) is 13.6 Å². The first-order valence-corrected chi connectivity index (χ1v) is 8.38. The van der Waals surface area contributed by atoms with E-state index in [4.69, 9.17) is 0 Å². The molecule has 1 aromatic carbocycles. The summed E-state index contributed by atoms with van der Waals surface area (Å²) in [4.78, 5) is 14.1. The third kappa shape index (κ3) is 4.37. The van der Waals surface area contributed by atoms with Crippen molar-refractivity contribution in [1.82, 2.24) is 20.0 Å². The van der Waals surface area contributed by atoms with Crippen LogP contribution in [0.15, 0.2) is 30.5 Å². The molecule has 0 saturated carbocycles. The average molecular weight is 328 g/mol. The molecule has 24 heavy (non-hydrogen) atoms. The van der Waals surface area contributed by atoms with Crippen LogP contribution in [0, 0.1) is 6.92 Å². The second kappa shape index (κ2) is 7.51. The fraction of sp³-hybridized carbons (Fsp3) is 0.474. The highest BCUT2D eigenvalue weighted by Gasteiger charge is 2.17. The average Bonchev–Trinajstić information content (AvgIpc) is 2.86. The molecule has 1 heterocycles. The minimum absolute atomic E-state index is 0.0723. The van der Waals surface area contributed by atoms with Crippen LogP contribution in [0.25, 0.3) is 0 Å². The van der Waals surface area contributed by atoms with E-state index in [9.17, 15) is 4.79 Å². The summed E-state index contributed by atoms with van der Waals surface area (Å²) in [6.07, 6.45) is 1.95. The maximum absolute atomic E-state index is 12.4. The second-order valence-electron chi connectivity index (χ2n) is 6.77. The topological polar surface area (TPSA) is 50.2 Å². The van der Waals surface area contributed by atoms with E-state index in [0.717, 1.165) is 16.8 Å². The first-order chi connectivity index (χ1) is 11.3. The summed E-state index contributed by atoms with van der Waals surface area (Å²) in [6.45, 7) is 8.88. The van der Waals surface area contributed by atoms with E-state index < -0.39 is 0 Å². The number of carbonyl (C=O) groups excluding carboxylic acids is 1. The molecule has 0 saturated heterocycles. The zero-order valence-corrected chi connectivity index (χ0v) is 15.5. The number of aromatic nitrogens is 2. The van der Waals surface area contributed by atoms with Crippen molar-refractivity contribution >= 4 is 6.03 Å². The van der Waals surface area contributed by atoms with E-state index in [1.165, 1.54) is 5.56 Å². The van der Waals surface area contributed by atoms with Gasteiger partial charge in [0.1, 0.15) is 0 Å². The van der Waals surface area contributed by atoms with Crippen LogP contribution in [0.5, 0.6) is 0 Å². The Kier molecular flexibility index (Phi) is 5.65. The van der Waals surface area contributed by atoms with Gasteiger partial charge in [-0.25, -0.2) is 4.79 Å². The maximum Gasteiger partial charge on any atom is 0.317 e. The van der Waals surface area contributed by atoms with Gasteiger partial charge in [-0.05, 0) is 30.9 Å². The van der Waals surface area contributed by atoms with Gasteiger partial charge in [0.05, 0.1) is 11.7 Å². The molecule has 0 radical (unpaired) electrons. The fourth-order valence-corrected chi connectivity index (χ4v) is 2.77. The van der Waals surface area contributed by atoms with Crippen molar-refractivity contribution in [2.45, 2.75) is 46.2 Å². The number of aryl methyl sites for hydroxylation is 2. The number of urea groups is 1. The molecule has 0 spiro atoms. The molecule has 130 valence electrons. The molecule has 2 aromatic rings. The van der Waals surface area contributed by atoms with Gasteiger partial charge in [-0.2, -0.15) is 5.10 Å². The van der Waals surface area contributed by atoms with Gasteiger partial charge in [-0.15, -0.1) is 0 Å². The Balaban J connectivity index is 1.95. The molecule has 2 rings (SSSR count). The number of nitrogens with one attached hydrogen (secondary N) is 1. The number of benzene rings is 1. The maximum atomic E-state index is 12.4. The first-order valence-electron chi connectivity index (χ1n) is 8.38. The zero-order chi connectivity index (χ0) is 17.9. The van der Waals surface area contributed by atoms with Gasteiger partial charge in [0, 0.05) is 32.4 Å². The molecule has 0 aliphatic rings. The summed E-state index contributed by atoms with van der Waals surface area (Å²) >= 11 is 0. The predicted molar refractivity (Wildman–Crippen MR) is 96.9 cm³/mol. The molecule has 2 amide bonds. The Morgan fingerprint density at radius 1 is 1.25 bits per heavy atom. The molecule has 0 bridgehead atoms. The van der Waals surface area contributed by atoms with Crippen LogP contribution >= 0.6 is 0 Å². The van der Waals surface area contributed by atoms with Crippen molar-refractivity contribution < 1.29 is 4.79 Å². The number of carbonyl (C=O) groups is 1. The standard InChI is InChI=1S/C19H28N4O/c1-13(2)17-9-7-16(8-10-17)11-22(5)19(24)20-14(3)18-12-23(6)21-15(18)4/h7-10,12-14H,11H2,1-6H3,(H,20,24). The van der Waals surface area contributed by atoms with Crippen molar-refractivity contribution in [2.75, 3.05) is 7.05 Å². The number of amides is 2. The predicted octanol–water partition coefficient (Wildman–Crippen LogP) is 3.75. The zero-order valence-electron chi connectivity index (χ0n) is 15.5. The Labute approximate surface area is 144 Å². The van der Waals surface area contributed by atoms with Crippen LogP contribution in [0.1, 0.15) is 55.1 Å². The van der Waals surface area contributed by atoms with E-state index >= 15 is 0 Å². The van der Waals surface area contributed by atoms with Gasteiger partial charge in [-0.3, -0.25) is 4.68 Å². The summed E-state index contributed by atoms with van der Waals surface area (Å²) in [5.74, 6) is 0.517. The Hall–Kier alpha value is -2.30. The van der Waals surface area contributed by atoms with Gasteiger partial charge in [0.2, 0.25) is 0 Å². The minimum Gasteiger partial charge on any atom is -0.331 e. The summed E-state index contributed by atoms with van der Waals surface area (Å²) in [6, 6.07) is 8.29. The quantitative estimate of drug-likeness (QED) is 0.908. The highest BCUT2D eigenvalue weighted by molar-refractivity contribution is 5.74. The lowest BCUT2D eigenvalue weighted by Gasteiger charge is -2.21. The van der Waals surface area contributed by atoms with E-state index in [0.29, 0.717) is 12.5 Å². The van der Waals surface area contributed by atoms with Crippen molar-refractivity contribution in [2.24, 2.45) is 7.05 Å². The van der Waals surface area contributed by atoms with Crippen LogP contribution in [-0.4, -0.2) is 27.8 Å². The third-order valence-electron chi connectivity index (χ3n) is 4.27. The van der Waals surface area contributed by atoms with E-state index in [1.54, 1.807) is 9.58 Å². The number of hydrogen-bond acceptors (Lipinski definition) is 2. The van der Waals surface area contributed by atoms with Crippen molar-refractivity contribution in [3.05, 3.63) is 52.8 Å². The Bertz CT molecular complexity index is 688. The van der Waals surface area contributed by atoms with E-state index in [1.807, 2.05) is 34.1 Å². The van der Waals surface area contributed by atoms with Crippen LogP contribution in [0.2, 0.25) is 0 Å². The highest BCUT2D eigenvalue weighted by Crippen LogP contribution is 2.17. The lowest BCUT2D eigenvalue weighted by molar-refractivity contribution is 0.203. The number of hydrogen-bond donors (Lipinski definition) is 1. The molecule has 1 N–H and O–H groups in total. The SMILES string of the molecule is Cc1nn(C)cc1C(C)NC(=O)N(C)Cc1ccc(C(C)C)cc1. The summed E-state index contributed by atoms with van der Waals surface area (Å²) < 4.78 is 1.77. The molecule has 0 aliphatic carbocycles. The van der Waals surface area contributed by atoms with Gasteiger partial charge >= 0.3 is 6.03 Å². The van der Waals surface area contributed by atoms with Crippen LogP contribution in [0.3, 0.4) is 0 Å². The highest BCUT2D eigenvalue weighted by atomic mass is 16.2. The molecule has 1 atom stereocenters. The molecular weight excluding hydrogens is 300 g/mol. The van der Waals surface area contributed by atoms with Crippen molar-refractivity contribution in [3.63, 3.8) is 0 Å². The normalized spacial score (nSPS) is 12.3. The molecule has 1 unspecified atom stereocenters. The molecule has 5 nitrogen and oxygen atoms in total. The van der Waals surface area contributed by atoms with Crippen LogP contribution < -0.4 is 5.32 Å². The van der Waals surface area contributed by atoms with Crippen molar-refractivity contribution in [1.29, 1.82) is 0 Å². The largest absolute Gasteiger partial charge is 0.331 e. The van der Waals surface area contributed by atoms with Gasteiger partial charge in [-0.1, -0.05) is 38.1 Å². The van der Waals surface area contributed by atoms with Gasteiger partial charge in [0.15, 0.2) is 0 Å². The number of nitrogens with zero attached hydrogens (tertiary/aromatic N) is 3. The fourth-order valence-electron chi connectivity index (χ4n) is 2.77. The van der Waals surface area contributed by atoms with Crippen molar-refractivity contribution in [3.8, 4) is 0 Å². The van der Waals surface area contributed by atoms with Crippen LogP contribution in [0.4, 0.5) is 4.79 Å². The third-order valence-corrected chi connectivity index (χ3v) is 4.27. The molecule has 1 aromatic heterocycles. The lowest BCUT2D eigenvalue weighted by atomic mass is 10.0. The second-order valence-corrected chi connectivity index (χ2v) is 6.77. The molecular formula is C19H28N4O. The monoisotopic (exact) mass is 328 g/mol. The summed E-state index contributed by atoms with van der Waals surface area (Å²) in [7, 11) is 3.70. The van der Waals surface area contributed by atoms with Gasteiger partial charge < -0.3 is 10.2 Å².